The van der Waals surface area contributed by atoms with Gasteiger partial charge in [-0.05, 0) is 42.4 Å². The number of H-pyrrole nitrogens is 1. The predicted octanol–water partition coefficient (Wildman–Crippen LogP) is 3.94. The molecule has 0 saturated carbocycles. The normalized spacial score (nSPS) is 10.7. The third-order valence-electron chi connectivity index (χ3n) is 3.32. The number of pyridine rings is 1. The van der Waals surface area contributed by atoms with E-state index in [1.54, 1.807) is 6.20 Å². The second-order valence-corrected chi connectivity index (χ2v) is 5.17. The first kappa shape index (κ1) is 13.7. The van der Waals surface area contributed by atoms with E-state index in [1.807, 2.05) is 28.8 Å². The van der Waals surface area contributed by atoms with Gasteiger partial charge in [0.15, 0.2) is 10.6 Å². The zero-order valence-electron chi connectivity index (χ0n) is 11.8. The molecule has 0 bridgehead atoms. The molecule has 0 aliphatic heterocycles. The van der Waals surface area contributed by atoms with Crippen molar-refractivity contribution < 1.29 is 0 Å². The van der Waals surface area contributed by atoms with E-state index in [1.165, 1.54) is 5.56 Å². The Morgan fingerprint density at radius 2 is 1.95 bits per heavy atom. The number of nitrogens with zero attached hydrogens (tertiary/aromatic N) is 3. The highest BCUT2D eigenvalue weighted by molar-refractivity contribution is 7.71. The third kappa shape index (κ3) is 2.64. The zero-order valence-corrected chi connectivity index (χ0v) is 12.6. The second kappa shape index (κ2) is 6.01. The van der Waals surface area contributed by atoms with Crippen LogP contribution in [0.1, 0.15) is 18.9 Å². The average Bonchev–Trinajstić information content (AvgIpc) is 2.91. The molecular weight excluding hydrogens is 280 g/mol. The van der Waals surface area contributed by atoms with Gasteiger partial charge in [-0.15, -0.1) is 0 Å². The number of aromatic amines is 1. The van der Waals surface area contributed by atoms with Crippen LogP contribution in [-0.4, -0.2) is 19.7 Å². The number of rotatable bonds is 4. The number of aromatic nitrogens is 4. The van der Waals surface area contributed by atoms with Gasteiger partial charge in [0.1, 0.15) is 5.69 Å². The highest BCUT2D eigenvalue weighted by Gasteiger charge is 2.13. The van der Waals surface area contributed by atoms with Gasteiger partial charge in [-0.1, -0.05) is 37.6 Å². The molecule has 0 radical (unpaired) electrons. The van der Waals surface area contributed by atoms with Crippen molar-refractivity contribution >= 4 is 12.2 Å². The maximum Gasteiger partial charge on any atom is 0.200 e. The largest absolute Gasteiger partial charge is 0.267 e. The molecular formula is C16H16N4S. The van der Waals surface area contributed by atoms with Gasteiger partial charge >= 0.3 is 0 Å². The summed E-state index contributed by atoms with van der Waals surface area (Å²) in [6, 6.07) is 14.1. The van der Waals surface area contributed by atoms with Gasteiger partial charge in [0.25, 0.3) is 0 Å². The van der Waals surface area contributed by atoms with E-state index < -0.39 is 0 Å². The Balaban J connectivity index is 2.20. The van der Waals surface area contributed by atoms with Gasteiger partial charge in [0, 0.05) is 6.20 Å². The molecule has 2 heterocycles. The minimum Gasteiger partial charge on any atom is -0.267 e. The smallest absolute Gasteiger partial charge is 0.200 e. The monoisotopic (exact) mass is 296 g/mol. The molecule has 0 saturated heterocycles. The van der Waals surface area contributed by atoms with Crippen molar-refractivity contribution in [1.82, 2.24) is 19.7 Å². The minimum absolute atomic E-state index is 0.583. The summed E-state index contributed by atoms with van der Waals surface area (Å²) < 4.78 is 2.54. The molecule has 0 aliphatic rings. The molecule has 21 heavy (non-hydrogen) atoms. The van der Waals surface area contributed by atoms with Crippen LogP contribution in [0.15, 0.2) is 48.7 Å². The van der Waals surface area contributed by atoms with Crippen molar-refractivity contribution in [1.29, 1.82) is 0 Å². The van der Waals surface area contributed by atoms with Crippen molar-refractivity contribution in [2.75, 3.05) is 0 Å². The topological polar surface area (TPSA) is 46.5 Å². The summed E-state index contributed by atoms with van der Waals surface area (Å²) in [5, 5.41) is 7.23. The van der Waals surface area contributed by atoms with Crippen LogP contribution in [0, 0.1) is 4.77 Å². The first-order valence-electron chi connectivity index (χ1n) is 6.98. The molecule has 0 atom stereocenters. The summed E-state index contributed by atoms with van der Waals surface area (Å²) in [6.07, 6.45) is 3.85. The average molecular weight is 296 g/mol. The summed E-state index contributed by atoms with van der Waals surface area (Å²) >= 11 is 5.42. The minimum atomic E-state index is 0.583. The van der Waals surface area contributed by atoms with E-state index in [0.717, 1.165) is 30.0 Å². The molecule has 3 rings (SSSR count). The summed E-state index contributed by atoms with van der Waals surface area (Å²) in [6.45, 7) is 2.17. The lowest BCUT2D eigenvalue weighted by atomic mass is 10.1. The summed E-state index contributed by atoms with van der Waals surface area (Å²) in [5.41, 5.74) is 3.13. The van der Waals surface area contributed by atoms with Gasteiger partial charge < -0.3 is 0 Å². The van der Waals surface area contributed by atoms with Crippen molar-refractivity contribution in [3.8, 4) is 17.2 Å². The van der Waals surface area contributed by atoms with Crippen molar-refractivity contribution in [2.24, 2.45) is 0 Å². The Bertz CT molecular complexity index is 789. The van der Waals surface area contributed by atoms with Gasteiger partial charge in [-0.25, -0.2) is 0 Å². The van der Waals surface area contributed by atoms with E-state index in [2.05, 4.69) is 40.3 Å². The number of nitrogens with one attached hydrogen (secondary N) is 1. The van der Waals surface area contributed by atoms with Crippen LogP contribution < -0.4 is 0 Å². The lowest BCUT2D eigenvalue weighted by molar-refractivity contribution is 0.895. The Labute approximate surface area is 128 Å². The summed E-state index contributed by atoms with van der Waals surface area (Å²) in [4.78, 5) is 4.37. The van der Waals surface area contributed by atoms with Crippen molar-refractivity contribution in [3.05, 3.63) is 59.0 Å². The quantitative estimate of drug-likeness (QED) is 0.742. The molecule has 1 N–H and O–H groups in total. The van der Waals surface area contributed by atoms with Crippen LogP contribution in [0.5, 0.6) is 0 Å². The molecule has 0 amide bonds. The molecule has 0 unspecified atom stereocenters. The molecule has 4 nitrogen and oxygen atoms in total. The maximum absolute atomic E-state index is 5.42. The lowest BCUT2D eigenvalue weighted by Gasteiger charge is -2.11. The van der Waals surface area contributed by atoms with Crippen LogP contribution in [0.2, 0.25) is 0 Å². The Morgan fingerprint density at radius 3 is 2.71 bits per heavy atom. The summed E-state index contributed by atoms with van der Waals surface area (Å²) in [7, 11) is 0. The van der Waals surface area contributed by atoms with E-state index >= 15 is 0 Å². The first-order chi connectivity index (χ1) is 10.3. The molecule has 1 aromatic carbocycles. The van der Waals surface area contributed by atoms with Crippen LogP contribution in [0.3, 0.4) is 0 Å². The van der Waals surface area contributed by atoms with Gasteiger partial charge in [0.05, 0.1) is 5.69 Å². The van der Waals surface area contributed by atoms with E-state index in [4.69, 9.17) is 12.2 Å². The van der Waals surface area contributed by atoms with E-state index in [0.29, 0.717) is 4.77 Å². The Morgan fingerprint density at radius 1 is 1.14 bits per heavy atom. The molecule has 0 aliphatic carbocycles. The maximum atomic E-state index is 5.42. The Kier molecular flexibility index (Phi) is 3.92. The second-order valence-electron chi connectivity index (χ2n) is 4.78. The molecule has 0 fully saturated rings. The van der Waals surface area contributed by atoms with Gasteiger partial charge in [-0.3, -0.25) is 14.6 Å². The van der Waals surface area contributed by atoms with Gasteiger partial charge in [-0.2, -0.15) is 5.10 Å². The van der Waals surface area contributed by atoms with E-state index in [-0.39, 0.29) is 0 Å². The van der Waals surface area contributed by atoms with Gasteiger partial charge in [0.2, 0.25) is 0 Å². The number of para-hydroxylation sites is 1. The summed E-state index contributed by atoms with van der Waals surface area (Å²) in [5.74, 6) is 0.740. The number of hydrogen-bond donors (Lipinski definition) is 1. The van der Waals surface area contributed by atoms with Crippen LogP contribution in [0.25, 0.3) is 17.2 Å². The van der Waals surface area contributed by atoms with E-state index in [9.17, 15) is 0 Å². The number of hydrogen-bond acceptors (Lipinski definition) is 3. The predicted molar refractivity (Wildman–Crippen MR) is 86.0 cm³/mol. The van der Waals surface area contributed by atoms with Crippen LogP contribution in [-0.2, 0) is 6.42 Å². The molecule has 3 aromatic rings. The molecule has 0 spiro atoms. The SMILES string of the molecule is CCCc1ccccc1-n1c(-c2ccccn2)n[nH]c1=S. The standard InChI is InChI=1S/C16H16N4S/c1-2-7-12-8-3-4-10-14(12)20-15(18-19-16(20)21)13-9-5-6-11-17-13/h3-6,8-11H,2,7H2,1H3,(H,19,21). The fourth-order valence-corrected chi connectivity index (χ4v) is 2.63. The van der Waals surface area contributed by atoms with Crippen LogP contribution >= 0.6 is 12.2 Å². The fourth-order valence-electron chi connectivity index (χ4n) is 2.40. The van der Waals surface area contributed by atoms with Crippen molar-refractivity contribution in [3.63, 3.8) is 0 Å². The lowest BCUT2D eigenvalue weighted by Crippen LogP contribution is -2.02. The Hall–Kier alpha value is -2.27. The van der Waals surface area contributed by atoms with Crippen LogP contribution in [0.4, 0.5) is 0 Å². The zero-order chi connectivity index (χ0) is 14.7. The number of benzene rings is 1. The fraction of sp³-hybridized carbons (Fsp3) is 0.188. The third-order valence-corrected chi connectivity index (χ3v) is 3.59. The molecule has 5 heteroatoms. The highest BCUT2D eigenvalue weighted by Crippen LogP contribution is 2.23. The van der Waals surface area contributed by atoms with Crippen molar-refractivity contribution in [2.45, 2.75) is 19.8 Å². The molecule has 2 aromatic heterocycles. The molecule has 106 valence electrons. The highest BCUT2D eigenvalue weighted by atomic mass is 32.1. The number of aryl methyl sites for hydroxylation is 1. The first-order valence-corrected chi connectivity index (χ1v) is 7.39.